The smallest absolute Gasteiger partial charge is 0.0155 e. The van der Waals surface area contributed by atoms with Crippen molar-refractivity contribution in [1.29, 1.82) is 0 Å². The first-order chi connectivity index (χ1) is 7.70. The molecule has 0 saturated carbocycles. The number of rotatable bonds is 1. The molecule has 0 atom stereocenters. The molecule has 0 nitrogen and oxygen atoms in total. The van der Waals surface area contributed by atoms with Crippen LogP contribution in [0.2, 0.25) is 0 Å². The van der Waals surface area contributed by atoms with Gasteiger partial charge in [0.1, 0.15) is 0 Å². The van der Waals surface area contributed by atoms with Gasteiger partial charge < -0.3 is 0 Å². The van der Waals surface area contributed by atoms with Gasteiger partial charge in [0.15, 0.2) is 0 Å². The van der Waals surface area contributed by atoms with Gasteiger partial charge in [0.25, 0.3) is 0 Å². The molecule has 0 bridgehead atoms. The van der Waals surface area contributed by atoms with E-state index in [2.05, 4.69) is 50.8 Å². The SMILES string of the molecule is C=c1cccc/c1=C(/C)C1=C(C)CCC=C1. The van der Waals surface area contributed by atoms with Crippen LogP contribution in [-0.4, -0.2) is 0 Å². The van der Waals surface area contributed by atoms with Gasteiger partial charge in [0.2, 0.25) is 0 Å². The van der Waals surface area contributed by atoms with E-state index in [1.807, 2.05) is 6.07 Å². The number of hydrogen-bond donors (Lipinski definition) is 0. The molecular formula is C16H18. The second-order valence-electron chi connectivity index (χ2n) is 4.42. The van der Waals surface area contributed by atoms with E-state index in [0.717, 1.165) is 5.22 Å². The molecule has 2 rings (SSSR count). The fourth-order valence-corrected chi connectivity index (χ4v) is 2.25. The molecule has 0 heterocycles. The van der Waals surface area contributed by atoms with E-state index in [0.29, 0.717) is 0 Å². The minimum absolute atomic E-state index is 1.11. The second-order valence-corrected chi connectivity index (χ2v) is 4.42. The lowest BCUT2D eigenvalue weighted by molar-refractivity contribution is 0.949. The lowest BCUT2D eigenvalue weighted by Crippen LogP contribution is -2.25. The molecule has 0 N–H and O–H groups in total. The van der Waals surface area contributed by atoms with Gasteiger partial charge in [0, 0.05) is 0 Å². The predicted molar refractivity (Wildman–Crippen MR) is 71.4 cm³/mol. The van der Waals surface area contributed by atoms with E-state index in [4.69, 9.17) is 0 Å². The molecule has 16 heavy (non-hydrogen) atoms. The number of allylic oxidation sites excluding steroid dienone is 4. The summed E-state index contributed by atoms with van der Waals surface area (Å²) in [4.78, 5) is 0. The molecule has 1 aromatic rings. The van der Waals surface area contributed by atoms with Crippen LogP contribution >= 0.6 is 0 Å². The molecule has 0 amide bonds. The van der Waals surface area contributed by atoms with Crippen LogP contribution in [0.5, 0.6) is 0 Å². The molecule has 0 saturated heterocycles. The molecule has 0 radical (unpaired) electrons. The third kappa shape index (κ3) is 2.01. The first-order valence-electron chi connectivity index (χ1n) is 5.81. The molecule has 0 aromatic heterocycles. The van der Waals surface area contributed by atoms with Gasteiger partial charge in [-0.2, -0.15) is 0 Å². The first-order valence-corrected chi connectivity index (χ1v) is 5.81. The van der Waals surface area contributed by atoms with Crippen molar-refractivity contribution in [3.63, 3.8) is 0 Å². The summed E-state index contributed by atoms with van der Waals surface area (Å²) in [5.74, 6) is 0. The zero-order valence-electron chi connectivity index (χ0n) is 10.1. The van der Waals surface area contributed by atoms with Gasteiger partial charge in [-0.25, -0.2) is 0 Å². The predicted octanol–water partition coefficient (Wildman–Crippen LogP) is 2.93. The Morgan fingerprint density at radius 3 is 2.69 bits per heavy atom. The van der Waals surface area contributed by atoms with Crippen molar-refractivity contribution in [3.8, 4) is 0 Å². The van der Waals surface area contributed by atoms with Gasteiger partial charge >= 0.3 is 0 Å². The quantitative estimate of drug-likeness (QED) is 0.668. The zero-order chi connectivity index (χ0) is 11.5. The highest BCUT2D eigenvalue weighted by Gasteiger charge is 2.06. The maximum Gasteiger partial charge on any atom is -0.0155 e. The Labute approximate surface area is 97.3 Å². The molecule has 82 valence electrons. The summed E-state index contributed by atoms with van der Waals surface area (Å²) in [6.07, 6.45) is 6.87. The van der Waals surface area contributed by atoms with E-state index in [1.165, 1.54) is 34.8 Å². The molecular weight excluding hydrogens is 192 g/mol. The molecule has 0 aliphatic heterocycles. The summed E-state index contributed by atoms with van der Waals surface area (Å²) in [5, 5.41) is 2.38. The lowest BCUT2D eigenvalue weighted by Gasteiger charge is -2.13. The molecule has 0 fully saturated rings. The van der Waals surface area contributed by atoms with Crippen molar-refractivity contribution in [2.24, 2.45) is 0 Å². The minimum atomic E-state index is 1.11. The number of benzene rings is 1. The van der Waals surface area contributed by atoms with Crippen LogP contribution in [0.15, 0.2) is 47.6 Å². The molecule has 0 heteroatoms. The third-order valence-electron chi connectivity index (χ3n) is 3.26. The van der Waals surface area contributed by atoms with Crippen LogP contribution in [0.1, 0.15) is 26.7 Å². The maximum absolute atomic E-state index is 4.09. The maximum atomic E-state index is 4.09. The zero-order valence-corrected chi connectivity index (χ0v) is 10.1. The van der Waals surface area contributed by atoms with Crippen LogP contribution in [0.3, 0.4) is 0 Å². The fraction of sp³-hybridized carbons (Fsp3) is 0.250. The van der Waals surface area contributed by atoms with Crippen LogP contribution in [0.4, 0.5) is 0 Å². The van der Waals surface area contributed by atoms with Crippen molar-refractivity contribution in [1.82, 2.24) is 0 Å². The monoisotopic (exact) mass is 210 g/mol. The van der Waals surface area contributed by atoms with Crippen molar-refractivity contribution >= 4 is 12.2 Å². The summed E-state index contributed by atoms with van der Waals surface area (Å²) in [7, 11) is 0. The highest BCUT2D eigenvalue weighted by atomic mass is 14.1. The molecule has 0 unspecified atom stereocenters. The van der Waals surface area contributed by atoms with Crippen molar-refractivity contribution in [2.75, 3.05) is 0 Å². The normalized spacial score (nSPS) is 17.6. The topological polar surface area (TPSA) is 0 Å². The minimum Gasteiger partial charge on any atom is -0.0911 e. The fourth-order valence-electron chi connectivity index (χ4n) is 2.25. The van der Waals surface area contributed by atoms with E-state index in [1.54, 1.807) is 0 Å². The van der Waals surface area contributed by atoms with Gasteiger partial charge in [-0.3, -0.25) is 0 Å². The van der Waals surface area contributed by atoms with Crippen LogP contribution in [0, 0.1) is 0 Å². The molecule has 0 spiro atoms. The van der Waals surface area contributed by atoms with Gasteiger partial charge in [-0.05, 0) is 48.3 Å². The van der Waals surface area contributed by atoms with E-state index in [-0.39, 0.29) is 0 Å². The largest absolute Gasteiger partial charge is 0.0911 e. The highest BCUT2D eigenvalue weighted by molar-refractivity contribution is 5.68. The van der Waals surface area contributed by atoms with Crippen LogP contribution in [-0.2, 0) is 0 Å². The molecule has 1 aliphatic rings. The van der Waals surface area contributed by atoms with Crippen LogP contribution in [0.25, 0.3) is 12.2 Å². The third-order valence-corrected chi connectivity index (χ3v) is 3.26. The van der Waals surface area contributed by atoms with Gasteiger partial charge in [0.05, 0.1) is 0 Å². The highest BCUT2D eigenvalue weighted by Crippen LogP contribution is 2.23. The van der Waals surface area contributed by atoms with Crippen LogP contribution < -0.4 is 10.4 Å². The Bertz CT molecular complexity index is 556. The number of hydrogen-bond acceptors (Lipinski definition) is 0. The van der Waals surface area contributed by atoms with E-state index >= 15 is 0 Å². The summed E-state index contributed by atoms with van der Waals surface area (Å²) >= 11 is 0. The standard InChI is InChI=1S/C16H18/c1-12-8-4-6-10-15(12)14(3)16-11-7-5-9-13(16)2/h4,6-8,10-11H,1,5,9H2,2-3H3/b15-14+. The first kappa shape index (κ1) is 10.9. The Hall–Kier alpha value is -1.56. The Morgan fingerprint density at radius 1 is 1.25 bits per heavy atom. The average Bonchev–Trinajstić information content (AvgIpc) is 2.29. The molecule has 1 aromatic carbocycles. The summed E-state index contributed by atoms with van der Waals surface area (Å²) in [5.41, 5.74) is 4.23. The average molecular weight is 210 g/mol. The second kappa shape index (κ2) is 4.52. The van der Waals surface area contributed by atoms with E-state index in [9.17, 15) is 0 Å². The summed E-state index contributed by atoms with van der Waals surface area (Å²) in [6.45, 7) is 8.52. The van der Waals surface area contributed by atoms with Gasteiger partial charge in [-0.15, -0.1) is 0 Å². The Kier molecular flexibility index (Phi) is 3.09. The molecule has 1 aliphatic carbocycles. The lowest BCUT2D eigenvalue weighted by atomic mass is 9.92. The van der Waals surface area contributed by atoms with Crippen molar-refractivity contribution in [3.05, 3.63) is 58.0 Å². The van der Waals surface area contributed by atoms with Gasteiger partial charge in [-0.1, -0.05) is 48.6 Å². The van der Waals surface area contributed by atoms with Crippen molar-refractivity contribution < 1.29 is 0 Å². The summed E-state index contributed by atoms with van der Waals surface area (Å²) in [6, 6.07) is 8.34. The summed E-state index contributed by atoms with van der Waals surface area (Å²) < 4.78 is 0. The van der Waals surface area contributed by atoms with E-state index < -0.39 is 0 Å². The Balaban J connectivity index is 2.67. The van der Waals surface area contributed by atoms with Crippen molar-refractivity contribution in [2.45, 2.75) is 26.7 Å². The Morgan fingerprint density at radius 2 is 2.00 bits per heavy atom.